The summed E-state index contributed by atoms with van der Waals surface area (Å²) in [6, 6.07) is 0. The van der Waals surface area contributed by atoms with Gasteiger partial charge in [0.1, 0.15) is 0 Å². The fourth-order valence-electron chi connectivity index (χ4n) is 1.25. The number of rotatable bonds is 6. The van der Waals surface area contributed by atoms with Gasteiger partial charge in [-0.25, -0.2) is 0 Å². The summed E-state index contributed by atoms with van der Waals surface area (Å²) in [5, 5.41) is 5.27. The fourth-order valence-corrected chi connectivity index (χ4v) is 1.25. The van der Waals surface area contributed by atoms with Gasteiger partial charge >= 0.3 is 0 Å². The highest BCUT2D eigenvalue weighted by Gasteiger charge is 2.26. The summed E-state index contributed by atoms with van der Waals surface area (Å²) in [6.07, 6.45) is 1.52. The van der Waals surface area contributed by atoms with Crippen LogP contribution in [0.5, 0.6) is 0 Å². The molecule has 4 N–H and O–H groups in total. The van der Waals surface area contributed by atoms with Crippen LogP contribution in [-0.2, 0) is 9.59 Å². The van der Waals surface area contributed by atoms with Crippen LogP contribution in [0.1, 0.15) is 33.6 Å². The van der Waals surface area contributed by atoms with E-state index >= 15 is 0 Å². The topological polar surface area (TPSA) is 84.2 Å². The van der Waals surface area contributed by atoms with Gasteiger partial charge in [-0.3, -0.25) is 9.59 Å². The summed E-state index contributed by atoms with van der Waals surface area (Å²) in [6.45, 7) is 5.98. The Hall–Kier alpha value is -1.10. The molecule has 88 valence electrons. The quantitative estimate of drug-likeness (QED) is 0.534. The second-order valence-corrected chi connectivity index (χ2v) is 3.91. The van der Waals surface area contributed by atoms with Crippen LogP contribution >= 0.6 is 0 Å². The van der Waals surface area contributed by atoms with Crippen molar-refractivity contribution in [3.05, 3.63) is 0 Å². The van der Waals surface area contributed by atoms with Gasteiger partial charge in [0.25, 0.3) is 0 Å². The Labute approximate surface area is 90.8 Å². The van der Waals surface area contributed by atoms with Crippen molar-refractivity contribution < 1.29 is 9.59 Å². The number of nitrogens with one attached hydrogen (secondary N) is 2. The van der Waals surface area contributed by atoms with Gasteiger partial charge in [0.2, 0.25) is 11.8 Å². The van der Waals surface area contributed by atoms with Gasteiger partial charge in [0.15, 0.2) is 0 Å². The lowest BCUT2D eigenvalue weighted by atomic mass is 9.97. The molecule has 0 saturated carbocycles. The number of nitrogens with two attached hydrogens (primary N) is 1. The summed E-state index contributed by atoms with van der Waals surface area (Å²) in [5.74, 6) is -0.275. The summed E-state index contributed by atoms with van der Waals surface area (Å²) in [5.41, 5.74) is 5.00. The highest BCUT2D eigenvalue weighted by molar-refractivity contribution is 5.85. The minimum absolute atomic E-state index is 0.103. The Kier molecular flexibility index (Phi) is 5.93. The van der Waals surface area contributed by atoms with Crippen molar-refractivity contribution in [2.75, 3.05) is 13.1 Å². The molecule has 0 fully saturated rings. The average Bonchev–Trinajstić information content (AvgIpc) is 2.11. The molecule has 0 aromatic heterocycles. The summed E-state index contributed by atoms with van der Waals surface area (Å²) < 4.78 is 0. The zero-order chi connectivity index (χ0) is 11.9. The zero-order valence-corrected chi connectivity index (χ0v) is 9.72. The first-order valence-corrected chi connectivity index (χ1v) is 5.21. The highest BCUT2D eigenvalue weighted by Crippen LogP contribution is 2.07. The van der Waals surface area contributed by atoms with E-state index in [1.54, 1.807) is 6.92 Å². The predicted molar refractivity (Wildman–Crippen MR) is 59.2 cm³/mol. The number of carbonyl (C=O) groups excluding carboxylic acids is 2. The Morgan fingerprint density at radius 2 is 1.80 bits per heavy atom. The van der Waals surface area contributed by atoms with Crippen molar-refractivity contribution in [2.24, 2.45) is 5.73 Å². The molecule has 0 saturated heterocycles. The Balaban J connectivity index is 3.78. The molecule has 5 heteroatoms. The van der Waals surface area contributed by atoms with Crippen molar-refractivity contribution >= 4 is 11.8 Å². The predicted octanol–water partition coefficient (Wildman–Crippen LogP) is -0.244. The Morgan fingerprint density at radius 3 is 2.27 bits per heavy atom. The average molecular weight is 215 g/mol. The lowest BCUT2D eigenvalue weighted by Gasteiger charge is -2.22. The molecule has 0 aromatic carbocycles. The molecule has 0 aliphatic rings. The van der Waals surface area contributed by atoms with Gasteiger partial charge < -0.3 is 16.4 Å². The number of hydrogen-bond acceptors (Lipinski definition) is 3. The molecule has 0 aliphatic heterocycles. The van der Waals surface area contributed by atoms with Crippen LogP contribution in [0.2, 0.25) is 0 Å². The van der Waals surface area contributed by atoms with Crippen LogP contribution in [-0.4, -0.2) is 30.4 Å². The van der Waals surface area contributed by atoms with Crippen LogP contribution in [0, 0.1) is 0 Å². The van der Waals surface area contributed by atoms with Gasteiger partial charge in [-0.15, -0.1) is 0 Å². The van der Waals surface area contributed by atoms with E-state index in [0.717, 1.165) is 6.42 Å². The molecule has 15 heavy (non-hydrogen) atoms. The van der Waals surface area contributed by atoms with Crippen molar-refractivity contribution in [3.8, 4) is 0 Å². The first-order chi connectivity index (χ1) is 6.90. The summed E-state index contributed by atoms with van der Waals surface area (Å²) >= 11 is 0. The molecular weight excluding hydrogens is 194 g/mol. The van der Waals surface area contributed by atoms with Gasteiger partial charge in [0, 0.05) is 20.0 Å². The summed E-state index contributed by atoms with van der Waals surface area (Å²) in [7, 11) is 0. The molecule has 2 amide bonds. The molecule has 0 radical (unpaired) electrons. The highest BCUT2D eigenvalue weighted by atomic mass is 16.2. The molecular formula is C10H21N3O2. The maximum atomic E-state index is 11.6. The van der Waals surface area contributed by atoms with Crippen molar-refractivity contribution in [1.82, 2.24) is 10.6 Å². The van der Waals surface area contributed by atoms with Crippen molar-refractivity contribution in [2.45, 2.75) is 39.2 Å². The SMILES string of the molecule is CCCC(C)(N)C(=O)NCCNC(C)=O. The standard InChI is InChI=1S/C10H21N3O2/c1-4-5-10(3,11)9(15)13-7-6-12-8(2)14/h4-7,11H2,1-3H3,(H,12,14)(H,13,15). The van der Waals surface area contributed by atoms with E-state index in [2.05, 4.69) is 10.6 Å². The van der Waals surface area contributed by atoms with Gasteiger partial charge in [-0.1, -0.05) is 13.3 Å². The van der Waals surface area contributed by atoms with E-state index in [-0.39, 0.29) is 11.8 Å². The van der Waals surface area contributed by atoms with E-state index in [1.807, 2.05) is 6.92 Å². The van der Waals surface area contributed by atoms with E-state index in [4.69, 9.17) is 5.73 Å². The van der Waals surface area contributed by atoms with E-state index in [0.29, 0.717) is 19.5 Å². The number of carbonyl (C=O) groups is 2. The van der Waals surface area contributed by atoms with E-state index in [9.17, 15) is 9.59 Å². The van der Waals surface area contributed by atoms with Crippen LogP contribution in [0.25, 0.3) is 0 Å². The molecule has 5 nitrogen and oxygen atoms in total. The van der Waals surface area contributed by atoms with E-state index in [1.165, 1.54) is 6.92 Å². The lowest BCUT2D eigenvalue weighted by molar-refractivity contribution is -0.126. The fraction of sp³-hybridized carbons (Fsp3) is 0.800. The lowest BCUT2D eigenvalue weighted by Crippen LogP contribution is -2.52. The summed E-state index contributed by atoms with van der Waals surface area (Å²) in [4.78, 5) is 22.1. The zero-order valence-electron chi connectivity index (χ0n) is 9.72. The smallest absolute Gasteiger partial charge is 0.239 e. The molecule has 0 rings (SSSR count). The monoisotopic (exact) mass is 215 g/mol. The Morgan fingerprint density at radius 1 is 1.27 bits per heavy atom. The molecule has 0 heterocycles. The number of hydrogen-bond donors (Lipinski definition) is 3. The van der Waals surface area contributed by atoms with Crippen LogP contribution in [0.4, 0.5) is 0 Å². The second kappa shape index (κ2) is 6.40. The second-order valence-electron chi connectivity index (χ2n) is 3.91. The van der Waals surface area contributed by atoms with Crippen molar-refractivity contribution in [3.63, 3.8) is 0 Å². The van der Waals surface area contributed by atoms with Crippen molar-refractivity contribution in [1.29, 1.82) is 0 Å². The van der Waals surface area contributed by atoms with Gasteiger partial charge in [0.05, 0.1) is 5.54 Å². The maximum absolute atomic E-state index is 11.6. The normalized spacial score (nSPS) is 14.1. The minimum Gasteiger partial charge on any atom is -0.355 e. The third kappa shape index (κ3) is 6.06. The van der Waals surface area contributed by atoms with Gasteiger partial charge in [-0.05, 0) is 13.3 Å². The molecule has 0 bridgehead atoms. The largest absolute Gasteiger partial charge is 0.355 e. The van der Waals surface area contributed by atoms with Crippen LogP contribution < -0.4 is 16.4 Å². The third-order valence-corrected chi connectivity index (χ3v) is 2.07. The van der Waals surface area contributed by atoms with E-state index < -0.39 is 5.54 Å². The molecule has 1 atom stereocenters. The maximum Gasteiger partial charge on any atom is 0.239 e. The molecule has 1 unspecified atom stereocenters. The van der Waals surface area contributed by atoms with Crippen LogP contribution in [0.3, 0.4) is 0 Å². The molecule has 0 aliphatic carbocycles. The van der Waals surface area contributed by atoms with Crippen LogP contribution in [0.15, 0.2) is 0 Å². The number of amides is 2. The van der Waals surface area contributed by atoms with Gasteiger partial charge in [-0.2, -0.15) is 0 Å². The molecule has 0 aromatic rings. The Bertz CT molecular complexity index is 227. The minimum atomic E-state index is -0.815. The third-order valence-electron chi connectivity index (χ3n) is 2.07. The first-order valence-electron chi connectivity index (χ1n) is 5.21. The molecule has 0 spiro atoms. The first kappa shape index (κ1) is 13.9.